The fraction of sp³-hybridized carbons (Fsp3) is 0.923. The first kappa shape index (κ1) is 32.0. The van der Waals surface area contributed by atoms with Crippen LogP contribution in [0.15, 0.2) is 0 Å². The second-order valence-corrected chi connectivity index (χ2v) is 9.49. The summed E-state index contributed by atoms with van der Waals surface area (Å²) in [5.74, 6) is -2.57. The zero-order valence-corrected chi connectivity index (χ0v) is 21.1. The summed E-state index contributed by atoms with van der Waals surface area (Å²) in [6.07, 6.45) is 16.3. The van der Waals surface area contributed by atoms with E-state index in [1.54, 1.807) is 0 Å². The van der Waals surface area contributed by atoms with Crippen molar-refractivity contribution < 1.29 is 34.8 Å². The molecular weight excluding hydrogens is 424 g/mol. The minimum Gasteiger partial charge on any atom is -0.393 e. The molecule has 0 aliphatic rings. The van der Waals surface area contributed by atoms with Gasteiger partial charge < -0.3 is 25.2 Å². The van der Waals surface area contributed by atoms with E-state index in [2.05, 4.69) is 18.6 Å². The lowest BCUT2D eigenvalue weighted by molar-refractivity contribution is -0.184. The van der Waals surface area contributed by atoms with Gasteiger partial charge >= 0.3 is 11.9 Å². The summed E-state index contributed by atoms with van der Waals surface area (Å²) in [5, 5.41) is 38.6. The third-order valence-corrected chi connectivity index (χ3v) is 6.34. The standard InChI is InChI=1S/C26H50O7/c1-3-5-7-9-11-12-14-16-18-22(17-15-13-10-8-6-4-2)19-26(32,21-28)25(31)33-24(30)23(29)20-27/h22-23,27-29,32H,3-21H2,1-2H3. The quantitative estimate of drug-likeness (QED) is 0.104. The Kier molecular flexibility index (Phi) is 19.7. The Bertz CT molecular complexity index is 497. The van der Waals surface area contributed by atoms with E-state index in [0.29, 0.717) is 0 Å². The van der Waals surface area contributed by atoms with Crippen molar-refractivity contribution in [3.8, 4) is 0 Å². The van der Waals surface area contributed by atoms with Crippen molar-refractivity contribution in [1.29, 1.82) is 0 Å². The molecule has 0 fully saturated rings. The average Bonchev–Trinajstić information content (AvgIpc) is 2.81. The first-order chi connectivity index (χ1) is 15.8. The first-order valence-corrected chi connectivity index (χ1v) is 13.2. The summed E-state index contributed by atoms with van der Waals surface area (Å²) in [6, 6.07) is 0. The highest BCUT2D eigenvalue weighted by Gasteiger charge is 2.41. The highest BCUT2D eigenvalue weighted by atomic mass is 16.6. The van der Waals surface area contributed by atoms with Crippen molar-refractivity contribution in [1.82, 2.24) is 0 Å². The van der Waals surface area contributed by atoms with Gasteiger partial charge in [0.15, 0.2) is 11.7 Å². The molecule has 0 bridgehead atoms. The molecular formula is C26H50O7. The number of rotatable bonds is 22. The van der Waals surface area contributed by atoms with Crippen LogP contribution in [0.4, 0.5) is 0 Å². The van der Waals surface area contributed by atoms with Crippen LogP contribution in [0.2, 0.25) is 0 Å². The number of hydrogen-bond donors (Lipinski definition) is 4. The molecule has 0 aliphatic carbocycles. The Morgan fingerprint density at radius 1 is 0.758 bits per heavy atom. The third-order valence-electron chi connectivity index (χ3n) is 6.34. The predicted octanol–water partition coefficient (Wildman–Crippen LogP) is 4.42. The van der Waals surface area contributed by atoms with Crippen LogP contribution >= 0.6 is 0 Å². The molecule has 0 saturated carbocycles. The molecule has 0 amide bonds. The smallest absolute Gasteiger partial charge is 0.348 e. The zero-order chi connectivity index (χ0) is 25.0. The number of carbonyl (C=O) groups excluding carboxylic acids is 2. The molecule has 33 heavy (non-hydrogen) atoms. The fourth-order valence-corrected chi connectivity index (χ4v) is 4.15. The van der Waals surface area contributed by atoms with E-state index in [1.165, 1.54) is 57.8 Å². The van der Waals surface area contributed by atoms with Crippen molar-refractivity contribution in [2.45, 2.75) is 135 Å². The molecule has 3 unspecified atom stereocenters. The first-order valence-electron chi connectivity index (χ1n) is 13.2. The maximum atomic E-state index is 12.4. The number of unbranched alkanes of at least 4 members (excludes halogenated alkanes) is 12. The van der Waals surface area contributed by atoms with Crippen molar-refractivity contribution in [2.24, 2.45) is 5.92 Å². The Labute approximate surface area is 200 Å². The Morgan fingerprint density at radius 3 is 1.58 bits per heavy atom. The van der Waals surface area contributed by atoms with Gasteiger partial charge in [0, 0.05) is 0 Å². The lowest BCUT2D eigenvalue weighted by atomic mass is 9.84. The van der Waals surface area contributed by atoms with E-state index in [9.17, 15) is 24.9 Å². The number of carbonyl (C=O) groups is 2. The Hall–Kier alpha value is -1.02. The number of esters is 2. The second-order valence-electron chi connectivity index (χ2n) is 9.49. The van der Waals surface area contributed by atoms with Gasteiger partial charge in [-0.3, -0.25) is 0 Å². The largest absolute Gasteiger partial charge is 0.393 e. The summed E-state index contributed by atoms with van der Waals surface area (Å²) in [4.78, 5) is 24.0. The molecule has 0 aromatic carbocycles. The van der Waals surface area contributed by atoms with Gasteiger partial charge in [-0.2, -0.15) is 0 Å². The summed E-state index contributed by atoms with van der Waals surface area (Å²) in [5.41, 5.74) is -2.20. The third kappa shape index (κ3) is 15.5. The van der Waals surface area contributed by atoms with Crippen LogP contribution in [-0.2, 0) is 14.3 Å². The van der Waals surface area contributed by atoms with Gasteiger partial charge in [-0.15, -0.1) is 0 Å². The molecule has 0 spiro atoms. The monoisotopic (exact) mass is 474 g/mol. The van der Waals surface area contributed by atoms with Gasteiger partial charge in [0.2, 0.25) is 0 Å². The predicted molar refractivity (Wildman–Crippen MR) is 130 cm³/mol. The topological polar surface area (TPSA) is 124 Å². The highest BCUT2D eigenvalue weighted by Crippen LogP contribution is 2.28. The van der Waals surface area contributed by atoms with E-state index in [-0.39, 0.29) is 12.3 Å². The SMILES string of the molecule is CCCCCCCCCCC(CCCCCCCC)CC(O)(CO)C(=O)OC(=O)C(O)CO. The zero-order valence-electron chi connectivity index (χ0n) is 21.1. The molecule has 7 nitrogen and oxygen atoms in total. The fourth-order valence-electron chi connectivity index (χ4n) is 4.15. The van der Waals surface area contributed by atoms with Crippen LogP contribution in [0.1, 0.15) is 123 Å². The Balaban J connectivity index is 4.75. The van der Waals surface area contributed by atoms with Gasteiger partial charge in [0.1, 0.15) is 0 Å². The minimum atomic E-state index is -2.20. The second kappa shape index (κ2) is 20.4. The van der Waals surface area contributed by atoms with Gasteiger partial charge in [0.25, 0.3) is 0 Å². The number of aliphatic hydroxyl groups is 4. The summed E-state index contributed by atoms with van der Waals surface area (Å²) < 4.78 is 4.52. The van der Waals surface area contributed by atoms with Crippen molar-refractivity contribution >= 4 is 11.9 Å². The molecule has 0 heterocycles. The van der Waals surface area contributed by atoms with Crippen molar-refractivity contribution in [3.63, 3.8) is 0 Å². The van der Waals surface area contributed by atoms with Gasteiger partial charge in [0.05, 0.1) is 13.2 Å². The number of aliphatic hydroxyl groups excluding tert-OH is 3. The summed E-state index contributed by atoms with van der Waals surface area (Å²) >= 11 is 0. The molecule has 0 rings (SSSR count). The lowest BCUT2D eigenvalue weighted by Gasteiger charge is -2.28. The van der Waals surface area contributed by atoms with Crippen LogP contribution < -0.4 is 0 Å². The lowest BCUT2D eigenvalue weighted by Crippen LogP contribution is -2.47. The molecule has 3 atom stereocenters. The molecule has 0 radical (unpaired) electrons. The molecule has 196 valence electrons. The molecule has 0 aromatic rings. The van der Waals surface area contributed by atoms with Crippen LogP contribution in [0.5, 0.6) is 0 Å². The summed E-state index contributed by atoms with van der Waals surface area (Å²) in [7, 11) is 0. The maximum absolute atomic E-state index is 12.4. The summed E-state index contributed by atoms with van der Waals surface area (Å²) in [6.45, 7) is 2.64. The highest BCUT2D eigenvalue weighted by molar-refractivity contribution is 5.92. The van der Waals surface area contributed by atoms with Gasteiger partial charge in [-0.05, 0) is 12.3 Å². The van der Waals surface area contributed by atoms with Crippen LogP contribution in [0.25, 0.3) is 0 Å². The molecule has 7 heteroatoms. The van der Waals surface area contributed by atoms with Crippen molar-refractivity contribution in [2.75, 3.05) is 13.2 Å². The van der Waals surface area contributed by atoms with Crippen LogP contribution in [0, 0.1) is 5.92 Å². The van der Waals surface area contributed by atoms with Crippen molar-refractivity contribution in [3.05, 3.63) is 0 Å². The van der Waals surface area contributed by atoms with E-state index < -0.39 is 36.9 Å². The van der Waals surface area contributed by atoms with E-state index in [1.807, 2.05) is 0 Å². The number of hydrogen-bond acceptors (Lipinski definition) is 7. The molecule has 0 aromatic heterocycles. The van der Waals surface area contributed by atoms with E-state index in [0.717, 1.165) is 44.9 Å². The van der Waals surface area contributed by atoms with Crippen LogP contribution in [-0.4, -0.2) is 57.3 Å². The van der Waals surface area contributed by atoms with E-state index in [4.69, 9.17) is 5.11 Å². The van der Waals surface area contributed by atoms with Gasteiger partial charge in [-0.25, -0.2) is 9.59 Å². The van der Waals surface area contributed by atoms with E-state index >= 15 is 0 Å². The minimum absolute atomic E-state index is 0.0102. The number of ether oxygens (including phenoxy) is 1. The molecule has 0 saturated heterocycles. The average molecular weight is 475 g/mol. The van der Waals surface area contributed by atoms with Crippen LogP contribution in [0.3, 0.4) is 0 Å². The normalized spacial score (nSPS) is 15.1. The molecule has 0 aliphatic heterocycles. The Morgan fingerprint density at radius 2 is 1.18 bits per heavy atom. The molecule has 4 N–H and O–H groups in total. The maximum Gasteiger partial charge on any atom is 0.348 e. The van der Waals surface area contributed by atoms with Gasteiger partial charge in [-0.1, -0.05) is 117 Å².